The molecule has 0 bridgehead atoms. The number of carbonyl (C=O) groups excluding carboxylic acids is 1. The van der Waals surface area contributed by atoms with Gasteiger partial charge in [0.2, 0.25) is 5.91 Å². The zero-order valence-electron chi connectivity index (χ0n) is 14.8. The van der Waals surface area contributed by atoms with Gasteiger partial charge in [0.1, 0.15) is 0 Å². The number of aliphatic hydroxyl groups excluding tert-OH is 1. The van der Waals surface area contributed by atoms with Crippen LogP contribution in [0.3, 0.4) is 0 Å². The molecule has 1 saturated carbocycles. The van der Waals surface area contributed by atoms with Crippen LogP contribution >= 0.6 is 0 Å². The van der Waals surface area contributed by atoms with Gasteiger partial charge in [-0.1, -0.05) is 29.8 Å². The number of carbonyl (C=O) groups is 1. The molecule has 1 aliphatic carbocycles. The molecule has 0 radical (unpaired) electrons. The third-order valence-electron chi connectivity index (χ3n) is 5.56. The summed E-state index contributed by atoms with van der Waals surface area (Å²) in [5, 5.41) is 10.0. The average Bonchev–Trinajstić information content (AvgIpc) is 3.03. The van der Waals surface area contributed by atoms with Crippen LogP contribution in [0.5, 0.6) is 0 Å². The van der Waals surface area contributed by atoms with E-state index < -0.39 is 0 Å². The largest absolute Gasteiger partial charge is 0.391 e. The summed E-state index contributed by atoms with van der Waals surface area (Å²) in [6, 6.07) is 8.90. The van der Waals surface area contributed by atoms with Crippen molar-refractivity contribution in [3.63, 3.8) is 0 Å². The molecule has 1 amide bonds. The zero-order valence-corrected chi connectivity index (χ0v) is 14.8. The first-order valence-corrected chi connectivity index (χ1v) is 9.39. The quantitative estimate of drug-likeness (QED) is 0.901. The number of rotatable bonds is 5. The Labute approximate surface area is 145 Å². The van der Waals surface area contributed by atoms with Gasteiger partial charge in [-0.15, -0.1) is 0 Å². The molecule has 1 heterocycles. The Hall–Kier alpha value is -1.39. The monoisotopic (exact) mass is 330 g/mol. The number of nitrogens with zero attached hydrogens (tertiary/aromatic N) is 2. The second-order valence-electron chi connectivity index (χ2n) is 7.32. The molecule has 0 aromatic heterocycles. The lowest BCUT2D eigenvalue weighted by Crippen LogP contribution is -2.53. The van der Waals surface area contributed by atoms with E-state index >= 15 is 0 Å². The zero-order chi connectivity index (χ0) is 16.9. The maximum atomic E-state index is 12.4. The Kier molecular flexibility index (Phi) is 5.90. The fraction of sp³-hybridized carbons (Fsp3) is 0.650. The fourth-order valence-corrected chi connectivity index (χ4v) is 4.01. The van der Waals surface area contributed by atoms with Gasteiger partial charge >= 0.3 is 0 Å². The van der Waals surface area contributed by atoms with Gasteiger partial charge in [-0.25, -0.2) is 0 Å². The smallest absolute Gasteiger partial charge is 0.222 e. The van der Waals surface area contributed by atoms with Crippen LogP contribution in [0.15, 0.2) is 24.3 Å². The van der Waals surface area contributed by atoms with Gasteiger partial charge < -0.3 is 10.0 Å². The van der Waals surface area contributed by atoms with Crippen molar-refractivity contribution in [2.24, 2.45) is 0 Å². The summed E-state index contributed by atoms with van der Waals surface area (Å²) < 4.78 is 0. The summed E-state index contributed by atoms with van der Waals surface area (Å²) in [6.07, 6.45) is 5.53. The molecule has 0 spiro atoms. The van der Waals surface area contributed by atoms with Gasteiger partial charge in [0.05, 0.1) is 6.10 Å². The molecule has 2 unspecified atom stereocenters. The van der Waals surface area contributed by atoms with Crippen LogP contribution in [0.1, 0.15) is 43.2 Å². The molecule has 1 aliphatic heterocycles. The van der Waals surface area contributed by atoms with E-state index in [1.54, 1.807) is 0 Å². The summed E-state index contributed by atoms with van der Waals surface area (Å²) in [5.41, 5.74) is 2.59. The van der Waals surface area contributed by atoms with E-state index in [1.165, 1.54) is 11.1 Å². The standard InChI is InChI=1S/C20H30N2O2/c1-16-8-10-17(11-9-16)4-2-7-20(24)22-14-12-21(13-15-22)18-5-3-6-19(18)23/h8-11,18-19,23H,2-7,12-15H2,1H3. The predicted octanol–water partition coefficient (Wildman–Crippen LogP) is 2.38. The first kappa shape index (κ1) is 17.4. The SMILES string of the molecule is Cc1ccc(CCCC(=O)N2CCN(C3CCCC3O)CC2)cc1. The molecule has 1 N–H and O–H groups in total. The highest BCUT2D eigenvalue weighted by Gasteiger charge is 2.33. The van der Waals surface area contributed by atoms with E-state index in [2.05, 4.69) is 36.1 Å². The molecule has 2 atom stereocenters. The Morgan fingerprint density at radius 2 is 1.83 bits per heavy atom. The van der Waals surface area contributed by atoms with Gasteiger partial charge in [0.15, 0.2) is 0 Å². The molecular weight excluding hydrogens is 300 g/mol. The first-order chi connectivity index (χ1) is 11.6. The van der Waals surface area contributed by atoms with E-state index in [0.717, 1.165) is 58.3 Å². The van der Waals surface area contributed by atoms with Gasteiger partial charge in [0.25, 0.3) is 0 Å². The molecule has 132 valence electrons. The molecule has 1 saturated heterocycles. The lowest BCUT2D eigenvalue weighted by Gasteiger charge is -2.39. The van der Waals surface area contributed by atoms with Crippen molar-refractivity contribution < 1.29 is 9.90 Å². The molecule has 3 rings (SSSR count). The number of aliphatic hydroxyl groups is 1. The highest BCUT2D eigenvalue weighted by Crippen LogP contribution is 2.25. The molecule has 1 aromatic carbocycles. The lowest BCUT2D eigenvalue weighted by molar-refractivity contribution is -0.133. The molecule has 1 aromatic rings. The molecule has 4 nitrogen and oxygen atoms in total. The van der Waals surface area contributed by atoms with Crippen LogP contribution in [0.4, 0.5) is 0 Å². The van der Waals surface area contributed by atoms with Gasteiger partial charge in [0, 0.05) is 38.6 Å². The number of amides is 1. The number of hydrogen-bond acceptors (Lipinski definition) is 3. The summed E-state index contributed by atoms with van der Waals surface area (Å²) >= 11 is 0. The van der Waals surface area contributed by atoms with E-state index in [9.17, 15) is 9.90 Å². The summed E-state index contributed by atoms with van der Waals surface area (Å²) in [4.78, 5) is 16.8. The van der Waals surface area contributed by atoms with Gasteiger partial charge in [-0.3, -0.25) is 9.69 Å². The van der Waals surface area contributed by atoms with Crippen molar-refractivity contribution in [3.8, 4) is 0 Å². The van der Waals surface area contributed by atoms with E-state index in [4.69, 9.17) is 0 Å². The Balaban J connectivity index is 1.38. The summed E-state index contributed by atoms with van der Waals surface area (Å²) in [5.74, 6) is 0.286. The van der Waals surface area contributed by atoms with Crippen LogP contribution in [0.2, 0.25) is 0 Å². The van der Waals surface area contributed by atoms with Crippen LogP contribution in [-0.4, -0.2) is 59.1 Å². The van der Waals surface area contributed by atoms with Crippen molar-refractivity contribution in [2.45, 2.75) is 57.6 Å². The van der Waals surface area contributed by atoms with Gasteiger partial charge in [-0.2, -0.15) is 0 Å². The molecule has 2 fully saturated rings. The topological polar surface area (TPSA) is 43.8 Å². The summed E-state index contributed by atoms with van der Waals surface area (Å²) in [7, 11) is 0. The fourth-order valence-electron chi connectivity index (χ4n) is 4.01. The number of hydrogen-bond donors (Lipinski definition) is 1. The number of aryl methyl sites for hydroxylation is 2. The third-order valence-corrected chi connectivity index (χ3v) is 5.56. The minimum absolute atomic E-state index is 0.165. The van der Waals surface area contributed by atoms with Crippen LogP contribution in [0, 0.1) is 6.92 Å². The Morgan fingerprint density at radius 3 is 2.46 bits per heavy atom. The third kappa shape index (κ3) is 4.37. The highest BCUT2D eigenvalue weighted by atomic mass is 16.3. The molecule has 24 heavy (non-hydrogen) atoms. The van der Waals surface area contributed by atoms with E-state index in [1.807, 2.05) is 4.90 Å². The average molecular weight is 330 g/mol. The normalized spacial score (nSPS) is 25.2. The first-order valence-electron chi connectivity index (χ1n) is 9.39. The maximum absolute atomic E-state index is 12.4. The van der Waals surface area contributed by atoms with Crippen LogP contribution in [0.25, 0.3) is 0 Å². The van der Waals surface area contributed by atoms with Crippen LogP contribution in [-0.2, 0) is 11.2 Å². The van der Waals surface area contributed by atoms with Crippen molar-refractivity contribution >= 4 is 5.91 Å². The Bertz CT molecular complexity index is 535. The Morgan fingerprint density at radius 1 is 1.12 bits per heavy atom. The van der Waals surface area contributed by atoms with Crippen LogP contribution < -0.4 is 0 Å². The van der Waals surface area contributed by atoms with Crippen molar-refractivity contribution in [2.75, 3.05) is 26.2 Å². The number of benzene rings is 1. The minimum atomic E-state index is -0.165. The van der Waals surface area contributed by atoms with Crippen molar-refractivity contribution in [1.29, 1.82) is 0 Å². The van der Waals surface area contributed by atoms with Gasteiger partial charge in [-0.05, 0) is 44.6 Å². The summed E-state index contributed by atoms with van der Waals surface area (Å²) in [6.45, 7) is 5.54. The molecule has 4 heteroatoms. The second kappa shape index (κ2) is 8.13. The van der Waals surface area contributed by atoms with Crippen molar-refractivity contribution in [3.05, 3.63) is 35.4 Å². The maximum Gasteiger partial charge on any atom is 0.222 e. The minimum Gasteiger partial charge on any atom is -0.391 e. The van der Waals surface area contributed by atoms with Crippen molar-refractivity contribution in [1.82, 2.24) is 9.80 Å². The van der Waals surface area contributed by atoms with E-state index in [0.29, 0.717) is 12.5 Å². The number of piperazine rings is 1. The lowest BCUT2D eigenvalue weighted by atomic mass is 10.1. The second-order valence-corrected chi connectivity index (χ2v) is 7.32. The molecule has 2 aliphatic rings. The molecular formula is C20H30N2O2. The van der Waals surface area contributed by atoms with E-state index in [-0.39, 0.29) is 12.0 Å². The predicted molar refractivity (Wildman–Crippen MR) is 95.9 cm³/mol. The highest BCUT2D eigenvalue weighted by molar-refractivity contribution is 5.76.